The Hall–Kier alpha value is -7.06. The number of ether oxygens (including phenoxy) is 3. The van der Waals surface area contributed by atoms with E-state index in [9.17, 15) is 51.9 Å². The van der Waals surface area contributed by atoms with Gasteiger partial charge in [0.05, 0.1) is 40.8 Å². The van der Waals surface area contributed by atoms with Crippen LogP contribution in [-0.2, 0) is 86.3 Å². The molecule has 0 saturated carbocycles. The molecule has 0 unspecified atom stereocenters. The van der Waals surface area contributed by atoms with Crippen LogP contribution in [0.15, 0.2) is 65.5 Å². The molecule has 7 rings (SSSR count). The number of carbonyl (C=O) groups is 7. The molecule has 3 atom stereocenters. The number of pyridine rings is 2. The van der Waals surface area contributed by atoms with Crippen LogP contribution in [0.5, 0.6) is 5.75 Å². The normalized spacial score (nSPS) is 16.6. The summed E-state index contributed by atoms with van der Waals surface area (Å²) in [7, 11) is -3.50. The van der Waals surface area contributed by atoms with Crippen molar-refractivity contribution in [2.24, 2.45) is 11.8 Å². The lowest BCUT2D eigenvalue weighted by molar-refractivity contribution is -0.172. The van der Waals surface area contributed by atoms with Crippen LogP contribution in [-0.4, -0.2) is 112 Å². The van der Waals surface area contributed by atoms with E-state index in [2.05, 4.69) is 5.32 Å². The third-order valence-electron chi connectivity index (χ3n) is 13.9. The summed E-state index contributed by atoms with van der Waals surface area (Å²) in [4.78, 5) is 110. The van der Waals surface area contributed by atoms with Crippen LogP contribution in [0.25, 0.3) is 22.3 Å². The molecule has 0 fully saturated rings. The monoisotopic (exact) mass is 1040 g/mol. The molecule has 19 nitrogen and oxygen atoms in total. The first-order chi connectivity index (χ1) is 35.1. The topological polar surface area (TPSA) is 255 Å². The Bertz CT molecular complexity index is 3070. The lowest BCUT2D eigenvalue weighted by Gasteiger charge is -2.31. The molecule has 0 aliphatic carbocycles. The smallest absolute Gasteiger partial charge is 0.412 e. The number of esters is 1. The number of ketones is 2. The summed E-state index contributed by atoms with van der Waals surface area (Å²) in [5, 5.41) is 14.8. The van der Waals surface area contributed by atoms with Crippen LogP contribution in [0.3, 0.4) is 0 Å². The van der Waals surface area contributed by atoms with Crippen molar-refractivity contribution in [1.82, 2.24) is 24.7 Å². The van der Waals surface area contributed by atoms with Gasteiger partial charge < -0.3 is 29.2 Å². The Morgan fingerprint density at radius 3 is 2.30 bits per heavy atom. The maximum atomic E-state index is 13.8. The van der Waals surface area contributed by atoms with Crippen molar-refractivity contribution >= 4 is 62.1 Å². The average Bonchev–Trinajstić information content (AvgIpc) is 3.89. The number of fused-ring (bicyclic) bond motifs is 5. The van der Waals surface area contributed by atoms with Crippen LogP contribution in [0.2, 0.25) is 0 Å². The first-order valence-electron chi connectivity index (χ1n) is 24.9. The molecule has 3 aliphatic rings. The number of aromatic nitrogens is 2. The van der Waals surface area contributed by atoms with Gasteiger partial charge in [-0.15, -0.1) is 0 Å². The molecule has 2 aromatic heterocycles. The summed E-state index contributed by atoms with van der Waals surface area (Å²) < 4.78 is 42.9. The minimum atomic E-state index is -3.50. The lowest BCUT2D eigenvalue weighted by Crippen LogP contribution is -2.44. The Kier molecular flexibility index (Phi) is 17.0. The molecular formula is C54H63N5O14S. The molecule has 5 heterocycles. The summed E-state index contributed by atoms with van der Waals surface area (Å²) in [6.45, 7) is 8.39. The largest absolute Gasteiger partial charge is 0.473 e. The fourth-order valence-corrected chi connectivity index (χ4v) is 9.97. The van der Waals surface area contributed by atoms with E-state index in [4.69, 9.17) is 19.2 Å². The number of cyclic esters (lactones) is 1. The molecule has 20 heteroatoms. The second kappa shape index (κ2) is 23.0. The van der Waals surface area contributed by atoms with E-state index in [1.54, 1.807) is 66.9 Å². The van der Waals surface area contributed by atoms with Gasteiger partial charge in [-0.1, -0.05) is 58.4 Å². The first-order valence-corrected chi connectivity index (χ1v) is 27.0. The number of nitrogens with one attached hydrogen (secondary N) is 1. The number of Topliss-reactive ketones (excluding diaryl/α,β-unsaturated/α-hetero) is 2. The lowest BCUT2D eigenvalue weighted by atomic mass is 9.86. The summed E-state index contributed by atoms with van der Waals surface area (Å²) in [6.07, 6.45) is 5.32. The molecule has 2 aromatic carbocycles. The van der Waals surface area contributed by atoms with Crippen LogP contribution in [0, 0.1) is 11.8 Å². The molecule has 0 radical (unpaired) electrons. The standard InChI is InChI=1S/C54H63N5O14S/c1-7-38-40-26-37(17-18-44(40)56-49-41(38)28-59-45(49)27-43-42(51(59)65)30-71-52(66)54(43,68)8-2)73-31-57(22-23-74(6,69)70)53(67)72-29-35-15-13-34(14-16-35)24-46(61)33(5)55-50(64)39(32(3)4)25-36(60)12-10-9-11-21-58-47(62)19-20-48(58)63/h13-20,26-27,32-33,39,68H,7-12,21-25,28-31H2,1-6H3,(H,55,64)/t33-,39-,54-/m0/s1. The van der Waals surface area contributed by atoms with Crippen molar-refractivity contribution < 1.29 is 61.3 Å². The van der Waals surface area contributed by atoms with Crippen molar-refractivity contribution in [3.05, 3.63) is 104 Å². The van der Waals surface area contributed by atoms with E-state index < -0.39 is 39.5 Å². The zero-order chi connectivity index (χ0) is 53.6. The minimum Gasteiger partial charge on any atom is -0.473 e. The highest BCUT2D eigenvalue weighted by molar-refractivity contribution is 7.90. The highest BCUT2D eigenvalue weighted by atomic mass is 32.2. The molecule has 0 bridgehead atoms. The molecule has 394 valence electrons. The third kappa shape index (κ3) is 12.3. The fraction of sp³-hybridized carbons (Fsp3) is 0.463. The second-order valence-corrected chi connectivity index (χ2v) is 21.8. The summed E-state index contributed by atoms with van der Waals surface area (Å²) in [5.74, 6) is -3.00. The highest BCUT2D eigenvalue weighted by Crippen LogP contribution is 2.41. The quantitative estimate of drug-likeness (QED) is 0.0357. The zero-order valence-corrected chi connectivity index (χ0v) is 43.4. The van der Waals surface area contributed by atoms with E-state index in [-0.39, 0.29) is 123 Å². The fourth-order valence-electron chi connectivity index (χ4n) is 9.42. The first kappa shape index (κ1) is 54.7. The number of hydrogen-bond donors (Lipinski definition) is 2. The third-order valence-corrected chi connectivity index (χ3v) is 14.9. The van der Waals surface area contributed by atoms with Gasteiger partial charge in [-0.2, -0.15) is 0 Å². The molecule has 3 aliphatic heterocycles. The van der Waals surface area contributed by atoms with Crippen LogP contribution >= 0.6 is 0 Å². The minimum absolute atomic E-state index is 0.000237. The number of amides is 4. The van der Waals surface area contributed by atoms with E-state index in [1.807, 2.05) is 20.8 Å². The number of sulfone groups is 1. The van der Waals surface area contributed by atoms with Gasteiger partial charge in [0.15, 0.2) is 18.1 Å². The van der Waals surface area contributed by atoms with Crippen LogP contribution in [0.1, 0.15) is 107 Å². The van der Waals surface area contributed by atoms with E-state index in [1.165, 1.54) is 12.2 Å². The number of aryl methyl sites for hydroxylation is 1. The summed E-state index contributed by atoms with van der Waals surface area (Å²) in [6, 6.07) is 12.8. The van der Waals surface area contributed by atoms with Crippen molar-refractivity contribution in [3.63, 3.8) is 0 Å². The van der Waals surface area contributed by atoms with E-state index in [0.29, 0.717) is 59.5 Å². The SMILES string of the molecule is CCc1c2c(nc3ccc(OCN(CCS(C)(=O)=O)C(=O)OCc4ccc(CC(=O)[C@H](C)NC(=O)[C@@H](CC(=O)CCCCCN5C(=O)C=CC5=O)C(C)C)cc4)cc13)-c1cc3c(c(=O)n1C2)COC(=O)[C@]3(O)CC. The number of aliphatic hydroxyl groups is 1. The number of benzene rings is 2. The number of unbranched alkanes of at least 4 members (excludes halogenated alkanes) is 2. The van der Waals surface area contributed by atoms with Gasteiger partial charge >= 0.3 is 12.1 Å². The second-order valence-electron chi connectivity index (χ2n) is 19.5. The number of carbonyl (C=O) groups excluding carboxylic acids is 7. The van der Waals surface area contributed by atoms with Gasteiger partial charge in [0.1, 0.15) is 34.6 Å². The van der Waals surface area contributed by atoms with Crippen LogP contribution < -0.4 is 15.6 Å². The van der Waals surface area contributed by atoms with Crippen molar-refractivity contribution in [1.29, 1.82) is 0 Å². The molecule has 0 saturated heterocycles. The molecule has 4 amide bonds. The Balaban J connectivity index is 0.922. The number of rotatable bonds is 24. The van der Waals surface area contributed by atoms with E-state index in [0.717, 1.165) is 32.6 Å². The predicted molar refractivity (Wildman–Crippen MR) is 271 cm³/mol. The van der Waals surface area contributed by atoms with Gasteiger partial charge in [-0.3, -0.25) is 38.6 Å². The predicted octanol–water partition coefficient (Wildman–Crippen LogP) is 4.99. The van der Waals surface area contributed by atoms with Gasteiger partial charge in [-0.05, 0) is 79.5 Å². The summed E-state index contributed by atoms with van der Waals surface area (Å²) >= 11 is 0. The molecular weight excluding hydrogens is 975 g/mol. The number of imide groups is 1. The molecule has 2 N–H and O–H groups in total. The zero-order valence-electron chi connectivity index (χ0n) is 42.6. The highest BCUT2D eigenvalue weighted by Gasteiger charge is 2.45. The maximum absolute atomic E-state index is 13.8. The molecule has 4 aromatic rings. The van der Waals surface area contributed by atoms with Crippen molar-refractivity contribution in [2.75, 3.05) is 31.8 Å². The average molecular weight is 1040 g/mol. The van der Waals surface area contributed by atoms with Gasteiger partial charge in [0, 0.05) is 73.2 Å². The number of hydrogen-bond acceptors (Lipinski definition) is 15. The maximum Gasteiger partial charge on any atom is 0.412 e. The van der Waals surface area contributed by atoms with Gasteiger partial charge in [0.2, 0.25) is 5.91 Å². The van der Waals surface area contributed by atoms with Crippen LogP contribution in [0.4, 0.5) is 4.79 Å². The van der Waals surface area contributed by atoms with Crippen molar-refractivity contribution in [3.8, 4) is 17.1 Å². The molecule has 74 heavy (non-hydrogen) atoms. The summed E-state index contributed by atoms with van der Waals surface area (Å²) in [5.41, 5.74) is 2.69. The van der Waals surface area contributed by atoms with Crippen molar-refractivity contribution in [2.45, 2.75) is 117 Å². The van der Waals surface area contributed by atoms with Gasteiger partial charge in [-0.25, -0.2) is 23.0 Å². The molecule has 0 spiro atoms. The Labute approximate surface area is 429 Å². The Morgan fingerprint density at radius 1 is 0.932 bits per heavy atom. The van der Waals surface area contributed by atoms with E-state index >= 15 is 0 Å². The number of nitrogens with zero attached hydrogens (tertiary/aromatic N) is 4. The Morgan fingerprint density at radius 2 is 1.64 bits per heavy atom. The van der Waals surface area contributed by atoms with Gasteiger partial charge in [0.25, 0.3) is 17.4 Å².